The number of sulfonamides is 1. The average molecular weight is 587 g/mol. The second-order valence-electron chi connectivity index (χ2n) is 8.63. The Morgan fingerprint density at radius 3 is 2.22 bits per heavy atom. The van der Waals surface area contributed by atoms with E-state index < -0.39 is 28.5 Å². The van der Waals surface area contributed by atoms with Crippen LogP contribution in [0.3, 0.4) is 0 Å². The predicted octanol–water partition coefficient (Wildman–Crippen LogP) is 4.90. The minimum atomic E-state index is -4.07. The molecule has 0 saturated carbocycles. The normalized spacial score (nSPS) is 12.0. The third kappa shape index (κ3) is 7.20. The molecule has 0 aromatic heterocycles. The standard InChI is InChI=1S/C28H32BrN3O4S/c1-4-26(28(34)30-5-2)31(19-22-11-9-10-21(3)18-22)27(33)20-32(24-16-14-23(29)15-17-24)37(35,36)25-12-7-6-8-13-25/h6-18,26H,4-5,19-20H2,1-3H3,(H,30,34)/t26-/m1/s1. The molecule has 1 N–H and O–H groups in total. The molecule has 0 aliphatic carbocycles. The molecule has 0 radical (unpaired) electrons. The zero-order chi connectivity index (χ0) is 27.0. The first-order valence-electron chi connectivity index (χ1n) is 12.1. The van der Waals surface area contributed by atoms with Gasteiger partial charge in [-0.15, -0.1) is 0 Å². The number of benzene rings is 3. The van der Waals surface area contributed by atoms with Gasteiger partial charge in [-0.3, -0.25) is 13.9 Å². The number of amides is 2. The van der Waals surface area contributed by atoms with Crippen molar-refractivity contribution in [3.8, 4) is 0 Å². The highest BCUT2D eigenvalue weighted by molar-refractivity contribution is 9.10. The summed E-state index contributed by atoms with van der Waals surface area (Å²) >= 11 is 3.38. The maximum absolute atomic E-state index is 13.9. The molecule has 0 bridgehead atoms. The van der Waals surface area contributed by atoms with Crippen LogP contribution in [0.4, 0.5) is 5.69 Å². The molecular weight excluding hydrogens is 554 g/mol. The van der Waals surface area contributed by atoms with E-state index in [1.807, 2.05) is 45.0 Å². The molecule has 3 rings (SSSR count). The van der Waals surface area contributed by atoms with Crippen molar-refractivity contribution >= 4 is 43.5 Å². The Labute approximate surface area is 227 Å². The fourth-order valence-corrected chi connectivity index (χ4v) is 5.77. The van der Waals surface area contributed by atoms with Crippen LogP contribution >= 0.6 is 15.9 Å². The predicted molar refractivity (Wildman–Crippen MR) is 150 cm³/mol. The van der Waals surface area contributed by atoms with Crippen LogP contribution < -0.4 is 9.62 Å². The van der Waals surface area contributed by atoms with E-state index in [0.717, 1.165) is 19.9 Å². The van der Waals surface area contributed by atoms with Crippen LogP contribution in [0.15, 0.2) is 88.2 Å². The van der Waals surface area contributed by atoms with Crippen molar-refractivity contribution in [3.05, 3.63) is 94.5 Å². The number of hydrogen-bond acceptors (Lipinski definition) is 4. The Balaban J connectivity index is 2.04. The van der Waals surface area contributed by atoms with Gasteiger partial charge in [0.1, 0.15) is 12.6 Å². The Bertz CT molecular complexity index is 1310. The summed E-state index contributed by atoms with van der Waals surface area (Å²) in [7, 11) is -4.07. The lowest BCUT2D eigenvalue weighted by Gasteiger charge is -2.33. The van der Waals surface area contributed by atoms with Crippen LogP contribution in [0.2, 0.25) is 0 Å². The largest absolute Gasteiger partial charge is 0.355 e. The average Bonchev–Trinajstić information content (AvgIpc) is 2.88. The van der Waals surface area contributed by atoms with Crippen molar-refractivity contribution in [2.24, 2.45) is 0 Å². The number of likely N-dealkylation sites (N-methyl/N-ethyl adjacent to an activating group) is 1. The van der Waals surface area contributed by atoms with Crippen molar-refractivity contribution in [3.63, 3.8) is 0 Å². The molecule has 3 aromatic rings. The second-order valence-corrected chi connectivity index (χ2v) is 11.4. The van der Waals surface area contributed by atoms with Gasteiger partial charge in [-0.2, -0.15) is 0 Å². The number of halogens is 1. The molecule has 7 nitrogen and oxygen atoms in total. The number of carbonyl (C=O) groups is 2. The van der Waals surface area contributed by atoms with Gasteiger partial charge in [0, 0.05) is 17.6 Å². The highest BCUT2D eigenvalue weighted by atomic mass is 79.9. The molecule has 0 aliphatic rings. The highest BCUT2D eigenvalue weighted by Gasteiger charge is 2.33. The van der Waals surface area contributed by atoms with E-state index in [-0.39, 0.29) is 17.3 Å². The monoisotopic (exact) mass is 585 g/mol. The number of nitrogens with one attached hydrogen (secondary N) is 1. The van der Waals surface area contributed by atoms with Gasteiger partial charge in [0.2, 0.25) is 11.8 Å². The fourth-order valence-electron chi connectivity index (χ4n) is 4.07. The molecule has 9 heteroatoms. The Hall–Kier alpha value is -3.17. The Morgan fingerprint density at radius 2 is 1.62 bits per heavy atom. The first-order chi connectivity index (χ1) is 17.7. The molecule has 0 unspecified atom stereocenters. The molecule has 0 saturated heterocycles. The molecule has 1 atom stereocenters. The highest BCUT2D eigenvalue weighted by Crippen LogP contribution is 2.26. The minimum absolute atomic E-state index is 0.0757. The molecule has 0 aliphatic heterocycles. The molecule has 196 valence electrons. The lowest BCUT2D eigenvalue weighted by molar-refractivity contribution is -0.140. The molecule has 0 heterocycles. The van der Waals surface area contributed by atoms with Gasteiger partial charge in [-0.05, 0) is 62.2 Å². The van der Waals surface area contributed by atoms with Gasteiger partial charge >= 0.3 is 0 Å². The van der Waals surface area contributed by atoms with Crippen molar-refractivity contribution in [1.29, 1.82) is 0 Å². The van der Waals surface area contributed by atoms with Crippen molar-refractivity contribution in [1.82, 2.24) is 10.2 Å². The smallest absolute Gasteiger partial charge is 0.264 e. The summed E-state index contributed by atoms with van der Waals surface area (Å²) in [5.74, 6) is -0.742. The van der Waals surface area contributed by atoms with Crippen molar-refractivity contribution in [2.75, 3.05) is 17.4 Å². The molecule has 3 aromatic carbocycles. The number of carbonyl (C=O) groups excluding carboxylic acids is 2. The van der Waals surface area contributed by atoms with Crippen molar-refractivity contribution < 1.29 is 18.0 Å². The fraction of sp³-hybridized carbons (Fsp3) is 0.286. The zero-order valence-corrected chi connectivity index (χ0v) is 23.6. The van der Waals surface area contributed by atoms with Crippen LogP contribution in [0, 0.1) is 6.92 Å². The Morgan fingerprint density at radius 1 is 0.946 bits per heavy atom. The number of nitrogens with zero attached hydrogens (tertiary/aromatic N) is 2. The summed E-state index contributed by atoms with van der Waals surface area (Å²) in [6.07, 6.45) is 0.382. The number of hydrogen-bond donors (Lipinski definition) is 1. The summed E-state index contributed by atoms with van der Waals surface area (Å²) in [5, 5.41) is 2.81. The lowest BCUT2D eigenvalue weighted by Crippen LogP contribution is -2.52. The SMILES string of the molecule is CCNC(=O)[C@@H](CC)N(Cc1cccc(C)c1)C(=O)CN(c1ccc(Br)cc1)S(=O)(=O)c1ccccc1. The van der Waals surface area contributed by atoms with Gasteiger partial charge in [0.15, 0.2) is 0 Å². The summed E-state index contributed by atoms with van der Waals surface area (Å²) in [5.41, 5.74) is 2.23. The summed E-state index contributed by atoms with van der Waals surface area (Å²) < 4.78 is 29.3. The summed E-state index contributed by atoms with van der Waals surface area (Å²) in [6, 6.07) is 21.7. The van der Waals surface area contributed by atoms with Crippen LogP contribution in [0.25, 0.3) is 0 Å². The van der Waals surface area contributed by atoms with E-state index in [0.29, 0.717) is 18.7 Å². The molecule has 0 fully saturated rings. The topological polar surface area (TPSA) is 86.8 Å². The van der Waals surface area contributed by atoms with E-state index in [1.54, 1.807) is 42.5 Å². The van der Waals surface area contributed by atoms with Crippen LogP contribution in [-0.4, -0.2) is 44.3 Å². The van der Waals surface area contributed by atoms with E-state index in [9.17, 15) is 18.0 Å². The maximum atomic E-state index is 13.9. The third-order valence-corrected chi connectivity index (χ3v) is 8.21. The van der Waals surface area contributed by atoms with Gasteiger partial charge < -0.3 is 10.2 Å². The second kappa shape index (κ2) is 12.9. The number of aryl methyl sites for hydroxylation is 1. The first-order valence-corrected chi connectivity index (χ1v) is 14.4. The Kier molecular flexibility index (Phi) is 9.88. The van der Waals surface area contributed by atoms with Gasteiger partial charge in [-0.25, -0.2) is 8.42 Å². The first kappa shape index (κ1) is 28.4. The molecule has 2 amide bonds. The van der Waals surface area contributed by atoms with Crippen LogP contribution in [0.5, 0.6) is 0 Å². The van der Waals surface area contributed by atoms with E-state index in [2.05, 4.69) is 21.2 Å². The molecule has 0 spiro atoms. The quantitative estimate of drug-likeness (QED) is 0.347. The number of anilines is 1. The lowest BCUT2D eigenvalue weighted by atomic mass is 10.1. The number of rotatable bonds is 11. The third-order valence-electron chi connectivity index (χ3n) is 5.90. The van der Waals surface area contributed by atoms with Crippen molar-refractivity contribution in [2.45, 2.75) is 44.7 Å². The zero-order valence-electron chi connectivity index (χ0n) is 21.2. The minimum Gasteiger partial charge on any atom is -0.355 e. The van der Waals surface area contributed by atoms with Gasteiger partial charge in [0.25, 0.3) is 10.0 Å². The van der Waals surface area contributed by atoms with Crippen LogP contribution in [0.1, 0.15) is 31.4 Å². The van der Waals surface area contributed by atoms with Gasteiger partial charge in [-0.1, -0.05) is 70.9 Å². The summed E-state index contributed by atoms with van der Waals surface area (Å²) in [6.45, 7) is 5.76. The maximum Gasteiger partial charge on any atom is 0.264 e. The van der Waals surface area contributed by atoms with E-state index >= 15 is 0 Å². The van der Waals surface area contributed by atoms with E-state index in [4.69, 9.17) is 0 Å². The molecule has 37 heavy (non-hydrogen) atoms. The van der Waals surface area contributed by atoms with E-state index in [1.165, 1.54) is 17.0 Å². The van der Waals surface area contributed by atoms with Crippen LogP contribution in [-0.2, 0) is 26.2 Å². The van der Waals surface area contributed by atoms with Gasteiger partial charge in [0.05, 0.1) is 10.6 Å². The summed E-state index contributed by atoms with van der Waals surface area (Å²) in [4.78, 5) is 28.4. The molecular formula is C28H32BrN3O4S.